The van der Waals surface area contributed by atoms with E-state index in [-0.39, 0.29) is 0 Å². The minimum Gasteiger partial charge on any atom is -0.465 e. The highest BCUT2D eigenvalue weighted by Gasteiger charge is 2.20. The molecule has 18 heavy (non-hydrogen) atoms. The molecule has 0 radical (unpaired) electrons. The van der Waals surface area contributed by atoms with Crippen molar-refractivity contribution in [2.45, 2.75) is 32.4 Å². The standard InChI is InChI=1S/C14H23NO3/c1-3-12-4-5-14(18-12)11-15-7-9-17-13(10-15)6-8-16-2/h4-5,13H,3,6-11H2,1-2H3. The highest BCUT2D eigenvalue weighted by Crippen LogP contribution is 2.15. The van der Waals surface area contributed by atoms with Crippen LogP contribution >= 0.6 is 0 Å². The van der Waals surface area contributed by atoms with Gasteiger partial charge < -0.3 is 13.9 Å². The lowest BCUT2D eigenvalue weighted by Crippen LogP contribution is -2.42. The molecule has 1 aromatic rings. The molecular weight excluding hydrogens is 230 g/mol. The molecule has 1 aromatic heterocycles. The fourth-order valence-electron chi connectivity index (χ4n) is 2.27. The lowest BCUT2D eigenvalue weighted by molar-refractivity contribution is -0.0448. The van der Waals surface area contributed by atoms with Crippen molar-refractivity contribution in [1.82, 2.24) is 4.90 Å². The van der Waals surface area contributed by atoms with Crippen molar-refractivity contribution in [2.75, 3.05) is 33.4 Å². The number of morpholine rings is 1. The summed E-state index contributed by atoms with van der Waals surface area (Å²) in [6.07, 6.45) is 2.21. The number of hydrogen-bond acceptors (Lipinski definition) is 4. The van der Waals surface area contributed by atoms with Crippen LogP contribution < -0.4 is 0 Å². The first kappa shape index (κ1) is 13.6. The zero-order valence-electron chi connectivity index (χ0n) is 11.4. The van der Waals surface area contributed by atoms with E-state index in [1.807, 2.05) is 0 Å². The summed E-state index contributed by atoms with van der Waals surface area (Å²) in [6.45, 7) is 6.50. The van der Waals surface area contributed by atoms with Crippen molar-refractivity contribution in [3.8, 4) is 0 Å². The van der Waals surface area contributed by atoms with E-state index >= 15 is 0 Å². The van der Waals surface area contributed by atoms with E-state index in [0.29, 0.717) is 6.10 Å². The Kier molecular flexibility index (Phi) is 5.23. The lowest BCUT2D eigenvalue weighted by Gasteiger charge is -2.32. The summed E-state index contributed by atoms with van der Waals surface area (Å²) in [7, 11) is 1.73. The zero-order valence-corrected chi connectivity index (χ0v) is 11.4. The summed E-state index contributed by atoms with van der Waals surface area (Å²) in [4.78, 5) is 2.39. The molecule has 4 heteroatoms. The Labute approximate surface area is 109 Å². The maximum absolute atomic E-state index is 5.74. The molecule has 0 amide bonds. The average Bonchev–Trinajstić information content (AvgIpc) is 2.84. The van der Waals surface area contributed by atoms with Gasteiger partial charge in [0.1, 0.15) is 11.5 Å². The summed E-state index contributed by atoms with van der Waals surface area (Å²) in [5.41, 5.74) is 0. The van der Waals surface area contributed by atoms with Crippen LogP contribution in [0.15, 0.2) is 16.5 Å². The Hall–Kier alpha value is -0.840. The predicted octanol–water partition coefficient (Wildman–Crippen LogP) is 2.08. The fourth-order valence-corrected chi connectivity index (χ4v) is 2.27. The number of aryl methyl sites for hydroxylation is 1. The molecule has 0 saturated carbocycles. The Morgan fingerprint density at radius 3 is 2.94 bits per heavy atom. The van der Waals surface area contributed by atoms with Gasteiger partial charge in [0.25, 0.3) is 0 Å². The van der Waals surface area contributed by atoms with Gasteiger partial charge >= 0.3 is 0 Å². The maximum atomic E-state index is 5.74. The molecule has 0 bridgehead atoms. The molecule has 4 nitrogen and oxygen atoms in total. The molecule has 1 unspecified atom stereocenters. The van der Waals surface area contributed by atoms with Crippen LogP contribution in [-0.2, 0) is 22.4 Å². The first-order valence-corrected chi connectivity index (χ1v) is 6.72. The number of methoxy groups -OCH3 is 1. The van der Waals surface area contributed by atoms with Gasteiger partial charge in [0.05, 0.1) is 19.3 Å². The maximum Gasteiger partial charge on any atom is 0.118 e. The minimum atomic E-state index is 0.291. The van der Waals surface area contributed by atoms with Crippen molar-refractivity contribution < 1.29 is 13.9 Å². The van der Waals surface area contributed by atoms with E-state index in [9.17, 15) is 0 Å². The lowest BCUT2D eigenvalue weighted by atomic mass is 10.2. The Morgan fingerprint density at radius 1 is 1.39 bits per heavy atom. The summed E-state index contributed by atoms with van der Waals surface area (Å²) in [5, 5.41) is 0. The van der Waals surface area contributed by atoms with E-state index in [1.165, 1.54) is 0 Å². The van der Waals surface area contributed by atoms with Gasteiger partial charge in [-0.05, 0) is 18.6 Å². The molecule has 1 fully saturated rings. The largest absolute Gasteiger partial charge is 0.465 e. The van der Waals surface area contributed by atoms with Crippen LogP contribution in [0.25, 0.3) is 0 Å². The van der Waals surface area contributed by atoms with Gasteiger partial charge in [-0.2, -0.15) is 0 Å². The van der Waals surface area contributed by atoms with Crippen LogP contribution in [0, 0.1) is 0 Å². The van der Waals surface area contributed by atoms with Crippen LogP contribution in [0.5, 0.6) is 0 Å². The average molecular weight is 253 g/mol. The predicted molar refractivity (Wildman–Crippen MR) is 69.6 cm³/mol. The first-order chi connectivity index (χ1) is 8.81. The number of ether oxygens (including phenoxy) is 2. The van der Waals surface area contributed by atoms with Crippen LogP contribution in [0.1, 0.15) is 24.9 Å². The normalized spacial score (nSPS) is 21.3. The zero-order chi connectivity index (χ0) is 12.8. The quantitative estimate of drug-likeness (QED) is 0.777. The molecule has 0 N–H and O–H groups in total. The molecule has 1 atom stereocenters. The second-order valence-electron chi connectivity index (χ2n) is 4.73. The summed E-state index contributed by atoms with van der Waals surface area (Å²) in [5.74, 6) is 2.12. The summed E-state index contributed by atoms with van der Waals surface area (Å²) < 4.78 is 16.6. The van der Waals surface area contributed by atoms with Gasteiger partial charge in [-0.3, -0.25) is 4.90 Å². The number of hydrogen-bond donors (Lipinski definition) is 0. The molecule has 1 saturated heterocycles. The van der Waals surface area contributed by atoms with Crippen LogP contribution in [0.2, 0.25) is 0 Å². The second kappa shape index (κ2) is 6.92. The van der Waals surface area contributed by atoms with Crippen LogP contribution in [-0.4, -0.2) is 44.4 Å². The van der Waals surface area contributed by atoms with Crippen LogP contribution in [0.4, 0.5) is 0 Å². The van der Waals surface area contributed by atoms with Gasteiger partial charge in [0, 0.05) is 33.2 Å². The SMILES string of the molecule is CCc1ccc(CN2CCOC(CCOC)C2)o1. The number of nitrogens with zero attached hydrogens (tertiary/aromatic N) is 1. The van der Waals surface area contributed by atoms with Crippen molar-refractivity contribution in [3.63, 3.8) is 0 Å². The third kappa shape index (κ3) is 3.83. The van der Waals surface area contributed by atoms with Gasteiger partial charge in [-0.15, -0.1) is 0 Å². The molecule has 0 aromatic carbocycles. The minimum absolute atomic E-state index is 0.291. The molecule has 1 aliphatic rings. The van der Waals surface area contributed by atoms with E-state index < -0.39 is 0 Å². The molecule has 0 spiro atoms. The molecule has 102 valence electrons. The van der Waals surface area contributed by atoms with Crippen molar-refractivity contribution in [1.29, 1.82) is 0 Å². The number of furan rings is 1. The van der Waals surface area contributed by atoms with Gasteiger partial charge in [-0.1, -0.05) is 6.92 Å². The van der Waals surface area contributed by atoms with Crippen LogP contribution in [0.3, 0.4) is 0 Å². The number of rotatable bonds is 6. The summed E-state index contributed by atoms with van der Waals surface area (Å²) in [6, 6.07) is 4.15. The molecule has 1 aliphatic heterocycles. The van der Waals surface area contributed by atoms with Gasteiger partial charge in [0.15, 0.2) is 0 Å². The monoisotopic (exact) mass is 253 g/mol. The van der Waals surface area contributed by atoms with Crippen molar-refractivity contribution in [3.05, 3.63) is 23.7 Å². The third-order valence-electron chi connectivity index (χ3n) is 3.31. The van der Waals surface area contributed by atoms with Crippen molar-refractivity contribution in [2.24, 2.45) is 0 Å². The van der Waals surface area contributed by atoms with Gasteiger partial charge in [-0.25, -0.2) is 0 Å². The Morgan fingerprint density at radius 2 is 2.22 bits per heavy atom. The Balaban J connectivity index is 1.81. The molecule has 2 rings (SSSR count). The molecular formula is C14H23NO3. The first-order valence-electron chi connectivity index (χ1n) is 6.72. The van der Waals surface area contributed by atoms with Gasteiger partial charge in [0.2, 0.25) is 0 Å². The van der Waals surface area contributed by atoms with E-state index in [0.717, 1.165) is 57.2 Å². The highest BCUT2D eigenvalue weighted by molar-refractivity contribution is 5.07. The highest BCUT2D eigenvalue weighted by atomic mass is 16.5. The van der Waals surface area contributed by atoms with Crippen molar-refractivity contribution >= 4 is 0 Å². The fraction of sp³-hybridized carbons (Fsp3) is 0.714. The van der Waals surface area contributed by atoms with E-state index in [4.69, 9.17) is 13.9 Å². The topological polar surface area (TPSA) is 34.8 Å². The molecule has 0 aliphatic carbocycles. The third-order valence-corrected chi connectivity index (χ3v) is 3.31. The second-order valence-corrected chi connectivity index (χ2v) is 4.73. The van der Waals surface area contributed by atoms with E-state index in [1.54, 1.807) is 7.11 Å². The Bertz CT molecular complexity index is 351. The molecule has 2 heterocycles. The van der Waals surface area contributed by atoms with E-state index in [2.05, 4.69) is 24.0 Å². The summed E-state index contributed by atoms with van der Waals surface area (Å²) >= 11 is 0. The smallest absolute Gasteiger partial charge is 0.118 e.